The van der Waals surface area contributed by atoms with Gasteiger partial charge in [0.25, 0.3) is 0 Å². The Morgan fingerprint density at radius 3 is 2.37 bits per heavy atom. The zero-order valence-corrected chi connectivity index (χ0v) is 17.3. The van der Waals surface area contributed by atoms with E-state index in [2.05, 4.69) is 65.0 Å². The van der Waals surface area contributed by atoms with Crippen molar-refractivity contribution in [2.75, 3.05) is 19.9 Å². The standard InChI is InChI=1S/C22H24BrNO3/c1-14-21(15-5-7-16(23)8-6-15)17-11-19-20(26-13-25-19)12-18(17)27-22(14,2)24-9-3-4-10-24/h5-8,11-12,14,21H,3-4,9-10,13H2,1-2H3/t14-,21+,22-/m1/s1. The van der Waals surface area contributed by atoms with Crippen molar-refractivity contribution in [2.24, 2.45) is 5.92 Å². The van der Waals surface area contributed by atoms with Crippen molar-refractivity contribution in [1.82, 2.24) is 4.90 Å². The molecule has 4 nitrogen and oxygen atoms in total. The van der Waals surface area contributed by atoms with Gasteiger partial charge in [-0.1, -0.05) is 35.0 Å². The molecule has 0 spiro atoms. The summed E-state index contributed by atoms with van der Waals surface area (Å²) in [6, 6.07) is 12.8. The van der Waals surface area contributed by atoms with Crippen LogP contribution in [0, 0.1) is 5.92 Å². The molecule has 1 fully saturated rings. The molecule has 0 unspecified atom stereocenters. The summed E-state index contributed by atoms with van der Waals surface area (Å²) in [6.45, 7) is 7.03. The van der Waals surface area contributed by atoms with Crippen LogP contribution in [0.25, 0.3) is 0 Å². The van der Waals surface area contributed by atoms with E-state index in [0.29, 0.717) is 5.92 Å². The number of benzene rings is 2. The number of ether oxygens (including phenoxy) is 3. The normalized spacial score (nSPS) is 29.4. The van der Waals surface area contributed by atoms with Gasteiger partial charge in [-0.3, -0.25) is 4.90 Å². The molecule has 1 saturated heterocycles. The Labute approximate surface area is 168 Å². The summed E-state index contributed by atoms with van der Waals surface area (Å²) in [5.41, 5.74) is 2.15. The highest BCUT2D eigenvalue weighted by molar-refractivity contribution is 9.10. The molecule has 0 aromatic heterocycles. The van der Waals surface area contributed by atoms with E-state index in [9.17, 15) is 0 Å². The van der Waals surface area contributed by atoms with E-state index in [4.69, 9.17) is 14.2 Å². The number of rotatable bonds is 2. The van der Waals surface area contributed by atoms with Gasteiger partial charge in [-0.15, -0.1) is 0 Å². The van der Waals surface area contributed by atoms with Crippen LogP contribution in [-0.2, 0) is 0 Å². The van der Waals surface area contributed by atoms with Gasteiger partial charge in [-0.2, -0.15) is 0 Å². The van der Waals surface area contributed by atoms with Crippen LogP contribution in [0.1, 0.15) is 43.7 Å². The van der Waals surface area contributed by atoms with Crippen molar-refractivity contribution in [2.45, 2.75) is 38.3 Å². The molecule has 3 aliphatic heterocycles. The van der Waals surface area contributed by atoms with E-state index in [1.165, 1.54) is 24.0 Å². The number of hydrogen-bond acceptors (Lipinski definition) is 4. The van der Waals surface area contributed by atoms with Crippen LogP contribution in [0.3, 0.4) is 0 Å². The molecule has 0 N–H and O–H groups in total. The van der Waals surface area contributed by atoms with Crippen molar-refractivity contribution >= 4 is 15.9 Å². The summed E-state index contributed by atoms with van der Waals surface area (Å²) in [4.78, 5) is 2.51. The number of likely N-dealkylation sites (tertiary alicyclic amines) is 1. The topological polar surface area (TPSA) is 30.9 Å². The van der Waals surface area contributed by atoms with E-state index in [-0.39, 0.29) is 18.4 Å². The third-order valence-corrected chi connectivity index (χ3v) is 6.99. The largest absolute Gasteiger partial charge is 0.472 e. The predicted molar refractivity (Wildman–Crippen MR) is 108 cm³/mol. The fourth-order valence-electron chi connectivity index (χ4n) is 4.82. The highest BCUT2D eigenvalue weighted by Gasteiger charge is 2.49. The number of halogens is 1. The fraction of sp³-hybridized carbons (Fsp3) is 0.455. The third kappa shape index (κ3) is 2.74. The Balaban J connectivity index is 1.66. The molecule has 0 bridgehead atoms. The monoisotopic (exact) mass is 429 g/mol. The van der Waals surface area contributed by atoms with E-state index >= 15 is 0 Å². The first-order valence-electron chi connectivity index (χ1n) is 9.69. The number of fused-ring (bicyclic) bond motifs is 2. The van der Waals surface area contributed by atoms with Crippen LogP contribution in [0.15, 0.2) is 40.9 Å². The Kier molecular flexibility index (Phi) is 4.13. The fourth-order valence-corrected chi connectivity index (χ4v) is 5.08. The zero-order valence-electron chi connectivity index (χ0n) is 15.7. The number of nitrogens with zero attached hydrogens (tertiary/aromatic N) is 1. The Morgan fingerprint density at radius 2 is 1.67 bits per heavy atom. The Hall–Kier alpha value is -1.72. The van der Waals surface area contributed by atoms with Gasteiger partial charge < -0.3 is 14.2 Å². The number of hydrogen-bond donors (Lipinski definition) is 0. The predicted octanol–water partition coefficient (Wildman–Crippen LogP) is 5.15. The van der Waals surface area contributed by atoms with Crippen LogP contribution >= 0.6 is 15.9 Å². The minimum Gasteiger partial charge on any atom is -0.472 e. The molecule has 142 valence electrons. The molecular formula is C22H24BrNO3. The van der Waals surface area contributed by atoms with Crippen molar-refractivity contribution in [3.05, 3.63) is 52.0 Å². The second kappa shape index (κ2) is 6.42. The van der Waals surface area contributed by atoms with E-state index in [1.807, 2.05) is 6.07 Å². The maximum absolute atomic E-state index is 6.70. The molecule has 5 heteroatoms. The van der Waals surface area contributed by atoms with Gasteiger partial charge in [0.1, 0.15) is 5.75 Å². The molecule has 0 aliphatic carbocycles. The molecule has 0 amide bonds. The molecular weight excluding hydrogens is 406 g/mol. The smallest absolute Gasteiger partial charge is 0.231 e. The van der Waals surface area contributed by atoms with E-state index in [1.54, 1.807) is 0 Å². The lowest BCUT2D eigenvalue weighted by molar-refractivity contribution is -0.114. The van der Waals surface area contributed by atoms with E-state index in [0.717, 1.165) is 34.8 Å². The minimum atomic E-state index is -0.338. The average Bonchev–Trinajstić information content (AvgIpc) is 3.34. The molecule has 2 aromatic carbocycles. The molecule has 27 heavy (non-hydrogen) atoms. The molecule has 0 saturated carbocycles. The summed E-state index contributed by atoms with van der Waals surface area (Å²) in [5.74, 6) is 3.05. The third-order valence-electron chi connectivity index (χ3n) is 6.46. The van der Waals surface area contributed by atoms with Crippen LogP contribution in [-0.4, -0.2) is 30.5 Å². The SMILES string of the molecule is C[C@@H]1[C@@H](c2ccc(Br)cc2)c2cc3c(cc2O[C@@]1(C)N1CCCC1)OCO3. The highest BCUT2D eigenvalue weighted by atomic mass is 79.9. The maximum atomic E-state index is 6.70. The van der Waals surface area contributed by atoms with Crippen molar-refractivity contribution in [3.8, 4) is 17.2 Å². The molecule has 2 aromatic rings. The second-order valence-electron chi connectivity index (χ2n) is 7.91. The molecule has 5 rings (SSSR count). The molecule has 0 radical (unpaired) electrons. The quantitative estimate of drug-likeness (QED) is 0.660. The van der Waals surface area contributed by atoms with Crippen LogP contribution in [0.4, 0.5) is 0 Å². The van der Waals surface area contributed by atoms with Gasteiger partial charge in [0.05, 0.1) is 0 Å². The van der Waals surface area contributed by atoms with Gasteiger partial charge in [0, 0.05) is 41.0 Å². The van der Waals surface area contributed by atoms with Gasteiger partial charge >= 0.3 is 0 Å². The highest BCUT2D eigenvalue weighted by Crippen LogP contribution is 2.53. The second-order valence-corrected chi connectivity index (χ2v) is 8.83. The molecule has 3 heterocycles. The zero-order chi connectivity index (χ0) is 18.6. The van der Waals surface area contributed by atoms with Crippen LogP contribution < -0.4 is 14.2 Å². The Morgan fingerprint density at radius 1 is 1.00 bits per heavy atom. The maximum Gasteiger partial charge on any atom is 0.231 e. The van der Waals surface area contributed by atoms with Gasteiger partial charge in [-0.25, -0.2) is 0 Å². The summed E-state index contributed by atoms with van der Waals surface area (Å²) in [7, 11) is 0. The lowest BCUT2D eigenvalue weighted by Gasteiger charge is -2.50. The van der Waals surface area contributed by atoms with Crippen LogP contribution in [0.2, 0.25) is 0 Å². The van der Waals surface area contributed by atoms with Crippen molar-refractivity contribution in [1.29, 1.82) is 0 Å². The summed E-state index contributed by atoms with van der Waals surface area (Å²) >= 11 is 3.56. The lowest BCUT2D eigenvalue weighted by Crippen LogP contribution is -2.57. The summed E-state index contributed by atoms with van der Waals surface area (Å²) in [5, 5.41) is 0. The van der Waals surface area contributed by atoms with Crippen LogP contribution in [0.5, 0.6) is 17.2 Å². The van der Waals surface area contributed by atoms with E-state index < -0.39 is 0 Å². The Bertz CT molecular complexity index is 863. The summed E-state index contributed by atoms with van der Waals surface area (Å²) < 4.78 is 19.1. The summed E-state index contributed by atoms with van der Waals surface area (Å²) in [6.07, 6.45) is 2.48. The first-order chi connectivity index (χ1) is 13.1. The van der Waals surface area contributed by atoms with Gasteiger partial charge in [-0.05, 0) is 43.5 Å². The first kappa shape index (κ1) is 17.4. The van der Waals surface area contributed by atoms with Gasteiger partial charge in [0.2, 0.25) is 6.79 Å². The first-order valence-corrected chi connectivity index (χ1v) is 10.5. The van der Waals surface area contributed by atoms with Gasteiger partial charge in [0.15, 0.2) is 17.2 Å². The van der Waals surface area contributed by atoms with Crippen molar-refractivity contribution < 1.29 is 14.2 Å². The molecule has 3 atom stereocenters. The minimum absolute atomic E-state index is 0.238. The molecule has 3 aliphatic rings. The van der Waals surface area contributed by atoms with Crippen molar-refractivity contribution in [3.63, 3.8) is 0 Å². The average molecular weight is 430 g/mol. The lowest BCUT2D eigenvalue weighted by atomic mass is 9.74.